The molecule has 2 N–H and O–H groups in total. The molecule has 170 valence electrons. The van der Waals surface area contributed by atoms with Gasteiger partial charge in [-0.15, -0.1) is 0 Å². The molecule has 9 heteroatoms. The number of rotatable bonds is 7. The maximum Gasteiger partial charge on any atom is 0.338 e. The van der Waals surface area contributed by atoms with Crippen LogP contribution in [0.2, 0.25) is 0 Å². The molecule has 3 aromatic rings. The first-order valence-corrected chi connectivity index (χ1v) is 11.1. The molecule has 0 radical (unpaired) electrons. The summed E-state index contributed by atoms with van der Waals surface area (Å²) in [6.07, 6.45) is 1.83. The first-order valence-electron chi connectivity index (χ1n) is 10.3. The Bertz CT molecular complexity index is 1190. The highest BCUT2D eigenvalue weighted by Gasteiger charge is 2.35. The number of allylic oxidation sites excluding steroid dienone is 1. The van der Waals surface area contributed by atoms with Crippen LogP contribution in [0.4, 0.5) is 4.79 Å². The maximum atomic E-state index is 13.0. The highest BCUT2D eigenvalue weighted by atomic mass is 79.9. The van der Waals surface area contributed by atoms with Gasteiger partial charge in [-0.05, 0) is 31.2 Å². The van der Waals surface area contributed by atoms with E-state index in [1.807, 2.05) is 60.8 Å². The van der Waals surface area contributed by atoms with E-state index < -0.39 is 18.0 Å². The van der Waals surface area contributed by atoms with Crippen LogP contribution in [0, 0.1) is 0 Å². The van der Waals surface area contributed by atoms with Gasteiger partial charge in [-0.2, -0.15) is 5.10 Å². The van der Waals surface area contributed by atoms with Crippen molar-refractivity contribution >= 4 is 27.9 Å². The van der Waals surface area contributed by atoms with E-state index in [0.717, 1.165) is 15.7 Å². The third-order valence-electron chi connectivity index (χ3n) is 5.20. The molecule has 0 fully saturated rings. The molecular formula is C24H23BrN4O4. The van der Waals surface area contributed by atoms with Crippen LogP contribution >= 0.6 is 15.9 Å². The number of para-hydroxylation sites is 1. The molecule has 0 spiro atoms. The monoisotopic (exact) mass is 510 g/mol. The van der Waals surface area contributed by atoms with Gasteiger partial charge in [0.25, 0.3) is 0 Å². The number of amides is 2. The first-order chi connectivity index (χ1) is 16.0. The molecule has 4 rings (SSSR count). The summed E-state index contributed by atoms with van der Waals surface area (Å²) in [7, 11) is 1.53. The predicted octanol–water partition coefficient (Wildman–Crippen LogP) is 4.12. The maximum absolute atomic E-state index is 13.0. The fourth-order valence-corrected chi connectivity index (χ4v) is 3.90. The normalized spacial score (nSPS) is 15.7. The SMILES string of the molecule is COCCOC(=O)C1=C(C)NC(=O)N[C@@H]1c1cn(-c2ccccc2)nc1-c1ccc(Br)cc1. The van der Waals surface area contributed by atoms with Crippen molar-refractivity contribution in [2.24, 2.45) is 0 Å². The number of benzene rings is 2. The van der Waals surface area contributed by atoms with Crippen LogP contribution in [-0.4, -0.2) is 42.1 Å². The summed E-state index contributed by atoms with van der Waals surface area (Å²) in [4.78, 5) is 25.4. The minimum atomic E-state index is -0.745. The Morgan fingerprint density at radius 3 is 2.55 bits per heavy atom. The second kappa shape index (κ2) is 10.0. The van der Waals surface area contributed by atoms with Crippen molar-refractivity contribution in [2.45, 2.75) is 13.0 Å². The Kier molecular flexibility index (Phi) is 6.90. The van der Waals surface area contributed by atoms with Crippen molar-refractivity contribution in [3.63, 3.8) is 0 Å². The number of aromatic nitrogens is 2. The number of carbonyl (C=O) groups is 2. The number of hydrogen-bond donors (Lipinski definition) is 2. The lowest BCUT2D eigenvalue weighted by Crippen LogP contribution is -2.45. The zero-order chi connectivity index (χ0) is 23.4. The molecule has 2 amide bonds. The molecule has 0 saturated heterocycles. The lowest BCUT2D eigenvalue weighted by Gasteiger charge is -2.28. The fourth-order valence-electron chi connectivity index (χ4n) is 3.64. The van der Waals surface area contributed by atoms with Crippen molar-refractivity contribution in [2.75, 3.05) is 20.3 Å². The smallest absolute Gasteiger partial charge is 0.338 e. The van der Waals surface area contributed by atoms with Gasteiger partial charge in [0.1, 0.15) is 6.61 Å². The molecule has 1 aliphatic rings. The number of ether oxygens (including phenoxy) is 2. The average Bonchev–Trinajstić information content (AvgIpc) is 3.25. The Morgan fingerprint density at radius 1 is 1.12 bits per heavy atom. The number of methoxy groups -OCH3 is 1. The molecule has 0 bridgehead atoms. The second-order valence-electron chi connectivity index (χ2n) is 7.42. The number of carbonyl (C=O) groups excluding carboxylic acids is 2. The van der Waals surface area contributed by atoms with E-state index in [0.29, 0.717) is 22.5 Å². The highest BCUT2D eigenvalue weighted by molar-refractivity contribution is 9.10. The molecule has 0 unspecified atom stereocenters. The second-order valence-corrected chi connectivity index (χ2v) is 8.33. The highest BCUT2D eigenvalue weighted by Crippen LogP contribution is 2.35. The van der Waals surface area contributed by atoms with Crippen LogP contribution in [0.25, 0.3) is 16.9 Å². The minimum absolute atomic E-state index is 0.107. The molecule has 8 nitrogen and oxygen atoms in total. The van der Waals surface area contributed by atoms with E-state index in [1.165, 1.54) is 7.11 Å². The van der Waals surface area contributed by atoms with Gasteiger partial charge in [0.05, 0.1) is 29.6 Å². The fraction of sp³-hybridized carbons (Fsp3) is 0.208. The number of nitrogens with one attached hydrogen (secondary N) is 2. The van der Waals surface area contributed by atoms with Gasteiger partial charge in [-0.1, -0.05) is 46.3 Å². The lowest BCUT2D eigenvalue weighted by atomic mass is 9.94. The number of hydrogen-bond acceptors (Lipinski definition) is 5. The number of esters is 1. The van der Waals surface area contributed by atoms with E-state index >= 15 is 0 Å². The third kappa shape index (κ3) is 4.99. The number of nitrogens with zero attached hydrogens (tertiary/aromatic N) is 2. The van der Waals surface area contributed by atoms with Crippen molar-refractivity contribution in [3.05, 3.63) is 82.1 Å². The van der Waals surface area contributed by atoms with Gasteiger partial charge in [-0.3, -0.25) is 0 Å². The topological polar surface area (TPSA) is 94.5 Å². The summed E-state index contributed by atoms with van der Waals surface area (Å²) in [5.74, 6) is -0.531. The van der Waals surface area contributed by atoms with Gasteiger partial charge in [-0.25, -0.2) is 14.3 Å². The Morgan fingerprint density at radius 2 is 1.85 bits per heavy atom. The molecule has 0 aliphatic carbocycles. The standard InChI is InChI=1S/C24H23BrN4O4/c1-15-20(23(30)33-13-12-32-2)22(27-24(31)26-15)19-14-29(18-6-4-3-5-7-18)28-21(19)16-8-10-17(25)11-9-16/h3-11,14,22H,12-13H2,1-2H3,(H2,26,27,31)/t22-/m1/s1. The van der Waals surface area contributed by atoms with Crippen molar-refractivity contribution in [1.82, 2.24) is 20.4 Å². The van der Waals surface area contributed by atoms with Crippen molar-refractivity contribution in [3.8, 4) is 16.9 Å². The van der Waals surface area contributed by atoms with Crippen LogP contribution in [0.3, 0.4) is 0 Å². The van der Waals surface area contributed by atoms with Crippen LogP contribution in [0.15, 0.2) is 76.5 Å². The first kappa shape index (κ1) is 22.8. The summed E-state index contributed by atoms with van der Waals surface area (Å²) in [5.41, 5.74) is 3.77. The minimum Gasteiger partial charge on any atom is -0.460 e. The zero-order valence-corrected chi connectivity index (χ0v) is 19.8. The molecule has 1 aromatic heterocycles. The van der Waals surface area contributed by atoms with Crippen LogP contribution < -0.4 is 10.6 Å². The summed E-state index contributed by atoms with van der Waals surface area (Å²) in [6.45, 7) is 2.06. The summed E-state index contributed by atoms with van der Waals surface area (Å²) >= 11 is 3.46. The van der Waals surface area contributed by atoms with Gasteiger partial charge in [0, 0.05) is 34.6 Å². The van der Waals surface area contributed by atoms with E-state index in [1.54, 1.807) is 11.6 Å². The quantitative estimate of drug-likeness (QED) is 0.368. The molecule has 0 saturated carbocycles. The zero-order valence-electron chi connectivity index (χ0n) is 18.2. The number of urea groups is 1. The molecule has 33 heavy (non-hydrogen) atoms. The summed E-state index contributed by atoms with van der Waals surface area (Å²) in [5, 5.41) is 10.3. The Labute approximate surface area is 199 Å². The average molecular weight is 511 g/mol. The van der Waals surface area contributed by atoms with Crippen molar-refractivity contribution in [1.29, 1.82) is 0 Å². The van der Waals surface area contributed by atoms with Crippen LogP contribution in [0.5, 0.6) is 0 Å². The largest absolute Gasteiger partial charge is 0.460 e. The molecule has 1 atom stereocenters. The molecule has 1 aliphatic heterocycles. The van der Waals surface area contributed by atoms with E-state index in [-0.39, 0.29) is 13.2 Å². The van der Waals surface area contributed by atoms with Crippen LogP contribution in [0.1, 0.15) is 18.5 Å². The van der Waals surface area contributed by atoms with Gasteiger partial charge >= 0.3 is 12.0 Å². The Hall–Kier alpha value is -3.43. The van der Waals surface area contributed by atoms with Gasteiger partial charge in [0.15, 0.2) is 0 Å². The Balaban J connectivity index is 1.83. The van der Waals surface area contributed by atoms with E-state index in [2.05, 4.69) is 26.6 Å². The molecule has 2 heterocycles. The van der Waals surface area contributed by atoms with Gasteiger partial charge in [0.2, 0.25) is 0 Å². The summed E-state index contributed by atoms with van der Waals surface area (Å²) < 4.78 is 13.0. The number of halogens is 1. The lowest BCUT2D eigenvalue weighted by molar-refractivity contribution is -0.140. The molecular weight excluding hydrogens is 488 g/mol. The summed E-state index contributed by atoms with van der Waals surface area (Å²) in [6, 6.07) is 16.2. The van der Waals surface area contributed by atoms with Crippen LogP contribution in [-0.2, 0) is 14.3 Å². The van der Waals surface area contributed by atoms with E-state index in [9.17, 15) is 9.59 Å². The molecule has 2 aromatic carbocycles. The third-order valence-corrected chi connectivity index (χ3v) is 5.73. The van der Waals surface area contributed by atoms with Crippen molar-refractivity contribution < 1.29 is 19.1 Å². The predicted molar refractivity (Wildman–Crippen MR) is 127 cm³/mol. The van der Waals surface area contributed by atoms with Gasteiger partial charge < -0.3 is 20.1 Å². The van der Waals surface area contributed by atoms with E-state index in [4.69, 9.17) is 14.6 Å².